The van der Waals surface area contributed by atoms with E-state index in [2.05, 4.69) is 27.4 Å². The number of aliphatic imine (C=N–C) groups is 1. The normalized spacial score (nSPS) is 21.3. The topological polar surface area (TPSA) is 75.2 Å². The number of ether oxygens (including phenoxy) is 2. The monoisotopic (exact) mass is 444 g/mol. The van der Waals surface area contributed by atoms with E-state index < -0.39 is 0 Å². The Kier molecular flexibility index (Phi) is 9.81. The van der Waals surface area contributed by atoms with E-state index in [1.807, 2.05) is 38.2 Å². The summed E-state index contributed by atoms with van der Waals surface area (Å²) >= 11 is 0. The van der Waals surface area contributed by atoms with Crippen molar-refractivity contribution in [1.29, 1.82) is 0 Å². The molecule has 2 fully saturated rings. The zero-order chi connectivity index (χ0) is 22.8. The van der Waals surface area contributed by atoms with Gasteiger partial charge in [-0.3, -0.25) is 9.79 Å². The molecule has 0 spiro atoms. The quantitative estimate of drug-likeness (QED) is 0.475. The standard InChI is InChI=1S/C25H40N4O3/c1-4-19(2)28-24(30)21-9-7-8-20(16-21)17-27-25(26-3)29-13-11-22(12-14-29)32-18-23-10-5-6-15-31-23/h7-9,16,19,22-23H,4-6,10-15,17-18H2,1-3H3,(H,26,27)(H,28,30). The predicted octanol–water partition coefficient (Wildman–Crippen LogP) is 3.34. The van der Waals surface area contributed by atoms with E-state index in [9.17, 15) is 4.79 Å². The third kappa shape index (κ3) is 7.48. The molecule has 0 saturated carbocycles. The molecule has 7 heteroatoms. The van der Waals surface area contributed by atoms with Crippen LogP contribution in [0.25, 0.3) is 0 Å². The van der Waals surface area contributed by atoms with Crippen LogP contribution in [0.4, 0.5) is 0 Å². The number of nitrogens with one attached hydrogen (secondary N) is 2. The Labute approximate surface area is 192 Å². The first kappa shape index (κ1) is 24.5. The summed E-state index contributed by atoms with van der Waals surface area (Å²) < 4.78 is 11.9. The van der Waals surface area contributed by atoms with Crippen molar-refractivity contribution in [3.63, 3.8) is 0 Å². The third-order valence-corrected chi connectivity index (χ3v) is 6.37. The average Bonchev–Trinajstić information content (AvgIpc) is 2.84. The van der Waals surface area contributed by atoms with Crippen LogP contribution in [0.1, 0.15) is 68.3 Å². The van der Waals surface area contributed by atoms with E-state index in [4.69, 9.17) is 9.47 Å². The van der Waals surface area contributed by atoms with Crippen LogP contribution in [0.3, 0.4) is 0 Å². The summed E-state index contributed by atoms with van der Waals surface area (Å²) in [4.78, 5) is 19.2. The number of hydrogen-bond acceptors (Lipinski definition) is 4. The Morgan fingerprint density at radius 2 is 2.09 bits per heavy atom. The number of piperidine rings is 1. The summed E-state index contributed by atoms with van der Waals surface area (Å²) in [7, 11) is 1.82. The molecule has 0 aromatic heterocycles. The van der Waals surface area contributed by atoms with Crippen LogP contribution in [-0.2, 0) is 16.0 Å². The molecule has 2 unspecified atom stereocenters. The van der Waals surface area contributed by atoms with Crippen LogP contribution in [0.15, 0.2) is 29.3 Å². The minimum Gasteiger partial charge on any atom is -0.376 e. The molecule has 1 amide bonds. The molecule has 1 aromatic carbocycles. The first-order chi connectivity index (χ1) is 15.6. The van der Waals surface area contributed by atoms with Crippen molar-refractivity contribution in [3.8, 4) is 0 Å². The second kappa shape index (κ2) is 12.8. The molecular formula is C25H40N4O3. The van der Waals surface area contributed by atoms with Crippen molar-refractivity contribution in [2.45, 2.75) is 77.2 Å². The molecule has 3 rings (SSSR count). The number of carbonyl (C=O) groups is 1. The molecule has 0 aliphatic carbocycles. The van der Waals surface area contributed by atoms with Crippen LogP contribution in [-0.4, -0.2) is 68.4 Å². The maximum absolute atomic E-state index is 12.4. The van der Waals surface area contributed by atoms with E-state index in [-0.39, 0.29) is 18.1 Å². The molecule has 7 nitrogen and oxygen atoms in total. The molecule has 2 saturated heterocycles. The van der Waals surface area contributed by atoms with Gasteiger partial charge in [0.05, 0.1) is 18.8 Å². The zero-order valence-corrected chi connectivity index (χ0v) is 19.9. The van der Waals surface area contributed by atoms with Crippen molar-refractivity contribution in [2.24, 2.45) is 4.99 Å². The lowest BCUT2D eigenvalue weighted by molar-refractivity contribution is -0.0721. The van der Waals surface area contributed by atoms with Crippen molar-refractivity contribution in [1.82, 2.24) is 15.5 Å². The summed E-state index contributed by atoms with van der Waals surface area (Å²) in [6.07, 6.45) is 7.04. The van der Waals surface area contributed by atoms with Gasteiger partial charge in [0.2, 0.25) is 0 Å². The number of nitrogens with zero attached hydrogens (tertiary/aromatic N) is 2. The third-order valence-electron chi connectivity index (χ3n) is 6.37. The minimum absolute atomic E-state index is 0.0220. The fraction of sp³-hybridized carbons (Fsp3) is 0.680. The van der Waals surface area contributed by atoms with Crippen molar-refractivity contribution in [2.75, 3.05) is 33.4 Å². The Balaban J connectivity index is 1.43. The predicted molar refractivity (Wildman–Crippen MR) is 128 cm³/mol. The average molecular weight is 445 g/mol. The number of guanidine groups is 1. The number of rotatable bonds is 8. The maximum Gasteiger partial charge on any atom is 0.251 e. The summed E-state index contributed by atoms with van der Waals surface area (Å²) in [5.74, 6) is 0.875. The smallest absolute Gasteiger partial charge is 0.251 e. The summed E-state index contributed by atoms with van der Waals surface area (Å²) in [5.41, 5.74) is 1.76. The first-order valence-electron chi connectivity index (χ1n) is 12.2. The molecule has 2 aliphatic rings. The van der Waals surface area contributed by atoms with Gasteiger partial charge in [-0.1, -0.05) is 19.1 Å². The Bertz CT molecular complexity index is 740. The Morgan fingerprint density at radius 3 is 2.78 bits per heavy atom. The number of benzene rings is 1. The van der Waals surface area contributed by atoms with Crippen LogP contribution >= 0.6 is 0 Å². The first-order valence-corrected chi connectivity index (χ1v) is 12.2. The zero-order valence-electron chi connectivity index (χ0n) is 19.9. The molecule has 32 heavy (non-hydrogen) atoms. The van der Waals surface area contributed by atoms with Gasteiger partial charge in [0.1, 0.15) is 0 Å². The highest BCUT2D eigenvalue weighted by atomic mass is 16.5. The summed E-state index contributed by atoms with van der Waals surface area (Å²) in [5, 5.41) is 6.48. The van der Waals surface area contributed by atoms with Gasteiger partial charge in [-0.15, -0.1) is 0 Å². The highest BCUT2D eigenvalue weighted by Crippen LogP contribution is 2.18. The lowest BCUT2D eigenvalue weighted by Crippen LogP contribution is -2.47. The van der Waals surface area contributed by atoms with Crippen LogP contribution in [0.5, 0.6) is 0 Å². The summed E-state index contributed by atoms with van der Waals surface area (Å²) in [6.45, 7) is 8.16. The summed E-state index contributed by atoms with van der Waals surface area (Å²) in [6, 6.07) is 7.95. The fourth-order valence-corrected chi connectivity index (χ4v) is 4.16. The molecule has 2 heterocycles. The van der Waals surface area contributed by atoms with Crippen LogP contribution in [0.2, 0.25) is 0 Å². The van der Waals surface area contributed by atoms with E-state index in [0.29, 0.717) is 18.2 Å². The van der Waals surface area contributed by atoms with Gasteiger partial charge < -0.3 is 25.0 Å². The second-order valence-corrected chi connectivity index (χ2v) is 8.89. The Morgan fingerprint density at radius 1 is 1.28 bits per heavy atom. The largest absolute Gasteiger partial charge is 0.376 e. The van der Waals surface area contributed by atoms with Crippen molar-refractivity contribution < 1.29 is 14.3 Å². The van der Waals surface area contributed by atoms with Gasteiger partial charge in [-0.05, 0) is 63.1 Å². The van der Waals surface area contributed by atoms with E-state index in [1.54, 1.807) is 0 Å². The molecule has 178 valence electrons. The maximum atomic E-state index is 12.4. The Hall–Kier alpha value is -2.12. The number of amides is 1. The molecule has 2 atom stereocenters. The SMILES string of the molecule is CCC(C)NC(=O)c1cccc(CNC(=NC)N2CCC(OCC3CCCCO3)CC2)c1. The van der Waals surface area contributed by atoms with Crippen molar-refractivity contribution in [3.05, 3.63) is 35.4 Å². The lowest BCUT2D eigenvalue weighted by atomic mass is 10.1. The van der Waals surface area contributed by atoms with Gasteiger partial charge in [0, 0.05) is 44.9 Å². The van der Waals surface area contributed by atoms with E-state index in [0.717, 1.165) is 63.5 Å². The van der Waals surface area contributed by atoms with Gasteiger partial charge in [0.25, 0.3) is 5.91 Å². The van der Waals surface area contributed by atoms with Crippen LogP contribution in [0, 0.1) is 0 Å². The van der Waals surface area contributed by atoms with Gasteiger partial charge in [-0.2, -0.15) is 0 Å². The molecule has 2 aliphatic heterocycles. The fourth-order valence-electron chi connectivity index (χ4n) is 4.16. The van der Waals surface area contributed by atoms with E-state index >= 15 is 0 Å². The molecule has 2 N–H and O–H groups in total. The van der Waals surface area contributed by atoms with Gasteiger partial charge in [-0.25, -0.2) is 0 Å². The van der Waals surface area contributed by atoms with Crippen molar-refractivity contribution >= 4 is 11.9 Å². The van der Waals surface area contributed by atoms with Gasteiger partial charge in [0.15, 0.2) is 5.96 Å². The van der Waals surface area contributed by atoms with E-state index in [1.165, 1.54) is 12.8 Å². The van der Waals surface area contributed by atoms with Gasteiger partial charge >= 0.3 is 0 Å². The minimum atomic E-state index is -0.0220. The molecule has 1 aromatic rings. The highest BCUT2D eigenvalue weighted by molar-refractivity contribution is 5.94. The second-order valence-electron chi connectivity index (χ2n) is 8.89. The molecule has 0 radical (unpaired) electrons. The molecule has 0 bridgehead atoms. The number of carbonyl (C=O) groups excluding carboxylic acids is 1. The lowest BCUT2D eigenvalue weighted by Gasteiger charge is -2.35. The van der Waals surface area contributed by atoms with Crippen LogP contribution < -0.4 is 10.6 Å². The highest BCUT2D eigenvalue weighted by Gasteiger charge is 2.23. The number of hydrogen-bond donors (Lipinski definition) is 2. The molecular weight excluding hydrogens is 404 g/mol. The number of likely N-dealkylation sites (tertiary alicyclic amines) is 1.